The summed E-state index contributed by atoms with van der Waals surface area (Å²) < 4.78 is 8.92. The Morgan fingerprint density at radius 1 is 1.11 bits per heavy atom. The van der Waals surface area contributed by atoms with Crippen molar-refractivity contribution in [3.63, 3.8) is 0 Å². The summed E-state index contributed by atoms with van der Waals surface area (Å²) in [6.45, 7) is 9.90. The van der Waals surface area contributed by atoms with Gasteiger partial charge in [0.1, 0.15) is 5.75 Å². The van der Waals surface area contributed by atoms with Crippen molar-refractivity contribution in [2.45, 2.75) is 47.1 Å². The third kappa shape index (κ3) is 4.30. The molecule has 1 amide bonds. The second-order valence-electron chi connectivity index (χ2n) is 6.68. The van der Waals surface area contributed by atoms with Crippen LogP contribution in [0.25, 0.3) is 10.2 Å². The maximum Gasteiger partial charge on any atom is 0.279 e. The average Bonchev–Trinajstić information content (AvgIpc) is 2.98. The molecular weight excluding hydrogens is 356 g/mol. The van der Waals surface area contributed by atoms with Crippen molar-refractivity contribution < 1.29 is 9.53 Å². The van der Waals surface area contributed by atoms with Crippen LogP contribution in [0.5, 0.6) is 5.75 Å². The molecule has 2 aromatic carbocycles. The van der Waals surface area contributed by atoms with E-state index < -0.39 is 0 Å². The first-order valence-corrected chi connectivity index (χ1v) is 10.3. The van der Waals surface area contributed by atoms with Gasteiger partial charge in [-0.3, -0.25) is 4.79 Å². The van der Waals surface area contributed by atoms with E-state index in [0.717, 1.165) is 40.2 Å². The first-order chi connectivity index (χ1) is 13.0. The molecule has 0 unspecified atom stereocenters. The standard InChI is InChI=1S/C22H26N2O2S/c1-5-7-12-26-18-10-8-17(9-11-18)21(25)23-22-24(6-2)19-13-15(3)16(4)14-20(19)27-22/h8-11,13-14H,5-7,12H2,1-4H3. The molecule has 0 fully saturated rings. The number of carbonyl (C=O) groups is 1. The van der Waals surface area contributed by atoms with Crippen LogP contribution in [0.1, 0.15) is 48.2 Å². The molecule has 0 aliphatic rings. The van der Waals surface area contributed by atoms with Gasteiger partial charge >= 0.3 is 0 Å². The highest BCUT2D eigenvalue weighted by molar-refractivity contribution is 7.16. The van der Waals surface area contributed by atoms with Crippen molar-refractivity contribution in [3.8, 4) is 5.75 Å². The second-order valence-corrected chi connectivity index (χ2v) is 7.69. The third-order valence-corrected chi connectivity index (χ3v) is 5.72. The van der Waals surface area contributed by atoms with Crippen LogP contribution in [0.2, 0.25) is 0 Å². The Morgan fingerprint density at radius 3 is 2.48 bits per heavy atom. The van der Waals surface area contributed by atoms with Gasteiger partial charge in [-0.25, -0.2) is 0 Å². The van der Waals surface area contributed by atoms with E-state index in [4.69, 9.17) is 4.74 Å². The topological polar surface area (TPSA) is 43.6 Å². The molecular formula is C22H26N2O2S. The molecule has 0 saturated carbocycles. The van der Waals surface area contributed by atoms with Crippen molar-refractivity contribution >= 4 is 27.5 Å². The predicted molar refractivity (Wildman–Crippen MR) is 112 cm³/mol. The van der Waals surface area contributed by atoms with Gasteiger partial charge in [0.25, 0.3) is 5.91 Å². The number of carbonyl (C=O) groups excluding carboxylic acids is 1. The molecule has 5 heteroatoms. The molecule has 4 nitrogen and oxygen atoms in total. The summed E-state index contributed by atoms with van der Waals surface area (Å²) in [7, 11) is 0. The Morgan fingerprint density at radius 2 is 1.81 bits per heavy atom. The minimum atomic E-state index is -0.225. The summed E-state index contributed by atoms with van der Waals surface area (Å²) >= 11 is 1.56. The molecule has 142 valence electrons. The normalized spacial score (nSPS) is 11.9. The van der Waals surface area contributed by atoms with Gasteiger partial charge < -0.3 is 9.30 Å². The van der Waals surface area contributed by atoms with Gasteiger partial charge in [-0.05, 0) is 74.7 Å². The number of aromatic nitrogens is 1. The van der Waals surface area contributed by atoms with Crippen molar-refractivity contribution in [1.82, 2.24) is 4.57 Å². The lowest BCUT2D eigenvalue weighted by Crippen LogP contribution is -2.16. The van der Waals surface area contributed by atoms with Crippen LogP contribution < -0.4 is 9.54 Å². The number of ether oxygens (including phenoxy) is 1. The molecule has 0 atom stereocenters. The lowest BCUT2D eigenvalue weighted by molar-refractivity contribution is 0.0998. The van der Waals surface area contributed by atoms with Crippen LogP contribution in [0.15, 0.2) is 41.4 Å². The first kappa shape index (κ1) is 19.4. The summed E-state index contributed by atoms with van der Waals surface area (Å²) in [5.74, 6) is 0.564. The Bertz CT molecular complexity index is 1010. The smallest absolute Gasteiger partial charge is 0.279 e. The average molecular weight is 383 g/mol. The Hall–Kier alpha value is -2.40. The molecule has 3 aromatic rings. The first-order valence-electron chi connectivity index (χ1n) is 9.46. The van der Waals surface area contributed by atoms with E-state index in [-0.39, 0.29) is 5.91 Å². The molecule has 0 bridgehead atoms. The SMILES string of the molecule is CCCCOc1ccc(C(=O)N=c2sc3cc(C)c(C)cc3n2CC)cc1. The Labute approximate surface area is 164 Å². The fraction of sp³-hybridized carbons (Fsp3) is 0.364. The van der Waals surface area contributed by atoms with Crippen LogP contribution in [0, 0.1) is 13.8 Å². The Kier molecular flexibility index (Phi) is 6.11. The molecule has 27 heavy (non-hydrogen) atoms. The van der Waals surface area contributed by atoms with Crippen LogP contribution >= 0.6 is 11.3 Å². The number of nitrogens with zero attached hydrogens (tertiary/aromatic N) is 2. The third-order valence-electron chi connectivity index (χ3n) is 4.68. The lowest BCUT2D eigenvalue weighted by Gasteiger charge is -2.05. The minimum Gasteiger partial charge on any atom is -0.494 e. The molecule has 0 radical (unpaired) electrons. The van der Waals surface area contributed by atoms with E-state index in [1.165, 1.54) is 11.1 Å². The van der Waals surface area contributed by atoms with Crippen LogP contribution in [-0.2, 0) is 6.54 Å². The molecule has 1 aromatic heterocycles. The van der Waals surface area contributed by atoms with Gasteiger partial charge in [0.05, 0.1) is 16.8 Å². The minimum absolute atomic E-state index is 0.225. The second kappa shape index (κ2) is 8.53. The van der Waals surface area contributed by atoms with Gasteiger partial charge in [0.15, 0.2) is 4.80 Å². The number of aryl methyl sites for hydroxylation is 3. The van der Waals surface area contributed by atoms with Gasteiger partial charge in [-0.15, -0.1) is 0 Å². The number of amides is 1. The van der Waals surface area contributed by atoms with Gasteiger partial charge in [-0.2, -0.15) is 4.99 Å². The van der Waals surface area contributed by atoms with Crippen molar-refractivity contribution in [2.24, 2.45) is 4.99 Å². The fourth-order valence-electron chi connectivity index (χ4n) is 2.89. The number of hydrogen-bond acceptors (Lipinski definition) is 3. The molecule has 1 heterocycles. The van der Waals surface area contributed by atoms with Crippen molar-refractivity contribution in [1.29, 1.82) is 0 Å². The van der Waals surface area contributed by atoms with E-state index in [0.29, 0.717) is 12.2 Å². The predicted octanol–water partition coefficient (Wildman–Crippen LogP) is 5.26. The van der Waals surface area contributed by atoms with Gasteiger partial charge in [0, 0.05) is 12.1 Å². The van der Waals surface area contributed by atoms with Crippen molar-refractivity contribution in [3.05, 3.63) is 57.9 Å². The number of benzene rings is 2. The maximum absolute atomic E-state index is 12.7. The zero-order chi connectivity index (χ0) is 19.4. The number of thiazole rings is 1. The van der Waals surface area contributed by atoms with E-state index >= 15 is 0 Å². The molecule has 0 spiro atoms. The fourth-order valence-corrected chi connectivity index (χ4v) is 4.06. The van der Waals surface area contributed by atoms with E-state index in [1.54, 1.807) is 23.5 Å². The maximum atomic E-state index is 12.7. The number of rotatable bonds is 6. The Balaban J connectivity index is 1.90. The summed E-state index contributed by atoms with van der Waals surface area (Å²) in [4.78, 5) is 17.8. The summed E-state index contributed by atoms with van der Waals surface area (Å²) in [6.07, 6.45) is 2.12. The van der Waals surface area contributed by atoms with Crippen molar-refractivity contribution in [2.75, 3.05) is 6.61 Å². The zero-order valence-corrected chi connectivity index (χ0v) is 17.2. The van der Waals surface area contributed by atoms with E-state index in [1.807, 2.05) is 12.1 Å². The largest absolute Gasteiger partial charge is 0.494 e. The van der Waals surface area contributed by atoms with Gasteiger partial charge in [-0.1, -0.05) is 24.7 Å². The summed E-state index contributed by atoms with van der Waals surface area (Å²) in [5, 5.41) is 0. The summed E-state index contributed by atoms with van der Waals surface area (Å²) in [5.41, 5.74) is 4.21. The van der Waals surface area contributed by atoms with E-state index in [2.05, 4.69) is 49.4 Å². The monoisotopic (exact) mass is 382 g/mol. The molecule has 0 N–H and O–H groups in total. The lowest BCUT2D eigenvalue weighted by atomic mass is 10.1. The molecule has 0 aliphatic carbocycles. The number of fused-ring (bicyclic) bond motifs is 1. The molecule has 0 aliphatic heterocycles. The van der Waals surface area contributed by atoms with Crippen LogP contribution in [0.4, 0.5) is 0 Å². The number of unbranched alkanes of at least 4 members (excludes halogenated alkanes) is 1. The van der Waals surface area contributed by atoms with Crippen LogP contribution in [-0.4, -0.2) is 17.1 Å². The number of hydrogen-bond donors (Lipinski definition) is 0. The zero-order valence-electron chi connectivity index (χ0n) is 16.4. The molecule has 3 rings (SSSR count). The van der Waals surface area contributed by atoms with Gasteiger partial charge in [0.2, 0.25) is 0 Å². The highest BCUT2D eigenvalue weighted by Crippen LogP contribution is 2.22. The molecule has 0 saturated heterocycles. The highest BCUT2D eigenvalue weighted by Gasteiger charge is 2.10. The summed E-state index contributed by atoms with van der Waals surface area (Å²) in [6, 6.07) is 11.6. The van der Waals surface area contributed by atoms with E-state index in [9.17, 15) is 4.79 Å². The highest BCUT2D eigenvalue weighted by atomic mass is 32.1. The quantitative estimate of drug-likeness (QED) is 0.546. The van der Waals surface area contributed by atoms with Crippen LogP contribution in [0.3, 0.4) is 0 Å².